The maximum Gasteiger partial charge on any atom is 0.158 e. The van der Waals surface area contributed by atoms with E-state index in [-0.39, 0.29) is 17.7 Å². The highest BCUT2D eigenvalue weighted by atomic mass is 16.3. The fourth-order valence-corrected chi connectivity index (χ4v) is 1.79. The van der Waals surface area contributed by atoms with Crippen molar-refractivity contribution >= 4 is 5.78 Å². The molecule has 0 spiro atoms. The first kappa shape index (κ1) is 9.68. The van der Waals surface area contributed by atoms with Crippen LogP contribution in [-0.4, -0.2) is 23.0 Å². The molecule has 1 fully saturated rings. The maximum atomic E-state index is 10.8. The zero-order valence-corrected chi connectivity index (χ0v) is 7.49. The molecule has 3 heteroatoms. The molecular formula is C9H17NO2. The van der Waals surface area contributed by atoms with E-state index in [1.54, 1.807) is 0 Å². The van der Waals surface area contributed by atoms with Crippen molar-refractivity contribution in [3.8, 4) is 0 Å². The zero-order valence-electron chi connectivity index (χ0n) is 7.49. The van der Waals surface area contributed by atoms with Gasteiger partial charge < -0.3 is 10.8 Å². The Labute approximate surface area is 72.9 Å². The van der Waals surface area contributed by atoms with Crippen molar-refractivity contribution in [3.63, 3.8) is 0 Å². The lowest BCUT2D eigenvalue weighted by atomic mass is 9.82. The first-order chi connectivity index (χ1) is 5.61. The molecule has 1 aliphatic rings. The third kappa shape index (κ3) is 2.29. The van der Waals surface area contributed by atoms with Crippen molar-refractivity contribution in [1.29, 1.82) is 0 Å². The number of carbonyl (C=O) groups excluding carboxylic acids is 1. The van der Waals surface area contributed by atoms with Crippen LogP contribution in [0.1, 0.15) is 32.6 Å². The molecule has 0 radical (unpaired) electrons. The fraction of sp³-hybridized carbons (Fsp3) is 0.889. The van der Waals surface area contributed by atoms with Gasteiger partial charge in [-0.25, -0.2) is 0 Å². The summed E-state index contributed by atoms with van der Waals surface area (Å²) in [6.45, 7) is 1.44. The topological polar surface area (TPSA) is 63.3 Å². The van der Waals surface area contributed by atoms with E-state index in [4.69, 9.17) is 5.73 Å². The van der Waals surface area contributed by atoms with Crippen LogP contribution in [0.5, 0.6) is 0 Å². The van der Waals surface area contributed by atoms with Crippen LogP contribution in [0.3, 0.4) is 0 Å². The Kier molecular flexibility index (Phi) is 3.23. The highest BCUT2D eigenvalue weighted by Gasteiger charge is 2.27. The molecule has 1 saturated carbocycles. The second kappa shape index (κ2) is 4.01. The Balaban J connectivity index is 2.39. The zero-order chi connectivity index (χ0) is 9.14. The highest BCUT2D eigenvalue weighted by Crippen LogP contribution is 2.26. The first-order valence-corrected chi connectivity index (χ1v) is 4.55. The summed E-state index contributed by atoms with van der Waals surface area (Å²) in [6, 6.07) is 0.278. The van der Waals surface area contributed by atoms with Crippen LogP contribution in [0, 0.1) is 5.92 Å². The monoisotopic (exact) mass is 171 g/mol. The molecule has 3 N–H and O–H groups in total. The van der Waals surface area contributed by atoms with Crippen LogP contribution in [0.4, 0.5) is 0 Å². The second-order valence-electron chi connectivity index (χ2n) is 3.73. The lowest BCUT2D eigenvalue weighted by Crippen LogP contribution is -2.34. The molecule has 70 valence electrons. The third-order valence-electron chi connectivity index (χ3n) is 2.68. The van der Waals surface area contributed by atoms with Crippen LogP contribution in [0.25, 0.3) is 0 Å². The van der Waals surface area contributed by atoms with Gasteiger partial charge in [-0.2, -0.15) is 0 Å². The van der Waals surface area contributed by atoms with Gasteiger partial charge >= 0.3 is 0 Å². The van der Waals surface area contributed by atoms with Gasteiger partial charge in [-0.15, -0.1) is 0 Å². The van der Waals surface area contributed by atoms with Crippen molar-refractivity contribution in [2.45, 2.75) is 44.8 Å². The van der Waals surface area contributed by atoms with Gasteiger partial charge in [-0.05, 0) is 38.5 Å². The number of carbonyl (C=O) groups is 1. The summed E-state index contributed by atoms with van der Waals surface area (Å²) in [5.41, 5.74) is 5.71. The van der Waals surface area contributed by atoms with Gasteiger partial charge in [0, 0.05) is 6.04 Å². The minimum atomic E-state index is -0.752. The van der Waals surface area contributed by atoms with Crippen molar-refractivity contribution in [1.82, 2.24) is 0 Å². The largest absolute Gasteiger partial charge is 0.385 e. The normalized spacial score (nSPS) is 32.9. The Bertz CT molecular complexity index is 162. The Hall–Kier alpha value is -0.410. The summed E-state index contributed by atoms with van der Waals surface area (Å²) in [6.07, 6.45) is 2.91. The lowest BCUT2D eigenvalue weighted by Gasteiger charge is -2.28. The predicted octanol–water partition coefficient (Wildman–Crippen LogP) is 0.454. The number of aliphatic hydroxyl groups excluding tert-OH is 1. The lowest BCUT2D eigenvalue weighted by molar-refractivity contribution is -0.128. The molecule has 0 amide bonds. The summed E-state index contributed by atoms with van der Waals surface area (Å²) >= 11 is 0. The quantitative estimate of drug-likeness (QED) is 0.634. The van der Waals surface area contributed by atoms with E-state index in [1.165, 1.54) is 6.92 Å². The Morgan fingerprint density at radius 3 is 2.33 bits per heavy atom. The highest BCUT2D eigenvalue weighted by molar-refractivity contribution is 5.80. The van der Waals surface area contributed by atoms with Gasteiger partial charge in [0.15, 0.2) is 5.78 Å². The molecule has 0 aromatic carbocycles. The van der Waals surface area contributed by atoms with Crippen molar-refractivity contribution in [2.75, 3.05) is 0 Å². The summed E-state index contributed by atoms with van der Waals surface area (Å²) < 4.78 is 0. The van der Waals surface area contributed by atoms with Crippen LogP contribution < -0.4 is 5.73 Å². The minimum Gasteiger partial charge on any atom is -0.385 e. The second-order valence-corrected chi connectivity index (χ2v) is 3.73. The average molecular weight is 171 g/mol. The average Bonchev–Trinajstić information content (AvgIpc) is 2.04. The van der Waals surface area contributed by atoms with Gasteiger partial charge in [0.2, 0.25) is 0 Å². The molecule has 1 rings (SSSR count). The van der Waals surface area contributed by atoms with Gasteiger partial charge in [0.25, 0.3) is 0 Å². The number of nitrogens with two attached hydrogens (primary N) is 1. The van der Waals surface area contributed by atoms with Crippen molar-refractivity contribution in [2.24, 2.45) is 11.7 Å². The molecule has 0 aliphatic heterocycles. The Morgan fingerprint density at radius 1 is 1.42 bits per heavy atom. The molecule has 1 atom stereocenters. The van der Waals surface area contributed by atoms with E-state index in [2.05, 4.69) is 0 Å². The van der Waals surface area contributed by atoms with E-state index in [1.807, 2.05) is 0 Å². The van der Waals surface area contributed by atoms with Gasteiger partial charge in [0.1, 0.15) is 6.10 Å². The number of hydrogen-bond donors (Lipinski definition) is 2. The number of rotatable bonds is 2. The van der Waals surface area contributed by atoms with Crippen molar-refractivity contribution < 1.29 is 9.90 Å². The van der Waals surface area contributed by atoms with Gasteiger partial charge in [0.05, 0.1) is 0 Å². The minimum absolute atomic E-state index is 0.115. The molecule has 0 saturated heterocycles. The SMILES string of the molecule is CC(=O)[C@@H](O)[C@H]1CC[C@@H](N)CC1. The van der Waals surface area contributed by atoms with Gasteiger partial charge in [-0.1, -0.05) is 0 Å². The number of hydrogen-bond acceptors (Lipinski definition) is 3. The van der Waals surface area contributed by atoms with E-state index in [0.717, 1.165) is 25.7 Å². The predicted molar refractivity (Wildman–Crippen MR) is 46.6 cm³/mol. The van der Waals surface area contributed by atoms with E-state index < -0.39 is 6.10 Å². The molecule has 0 bridgehead atoms. The number of aliphatic hydroxyl groups is 1. The first-order valence-electron chi connectivity index (χ1n) is 4.55. The van der Waals surface area contributed by atoms with E-state index >= 15 is 0 Å². The van der Waals surface area contributed by atoms with Crippen molar-refractivity contribution in [3.05, 3.63) is 0 Å². The molecular weight excluding hydrogens is 154 g/mol. The van der Waals surface area contributed by atoms with Crippen LogP contribution in [0.15, 0.2) is 0 Å². The maximum absolute atomic E-state index is 10.8. The smallest absolute Gasteiger partial charge is 0.158 e. The molecule has 12 heavy (non-hydrogen) atoms. The molecule has 0 unspecified atom stereocenters. The van der Waals surface area contributed by atoms with Crippen LogP contribution in [-0.2, 0) is 4.79 Å². The summed E-state index contributed by atoms with van der Waals surface area (Å²) in [5, 5.41) is 9.45. The number of ketones is 1. The van der Waals surface area contributed by atoms with E-state index in [0.29, 0.717) is 0 Å². The summed E-state index contributed by atoms with van der Waals surface area (Å²) in [4.78, 5) is 10.8. The van der Waals surface area contributed by atoms with E-state index in [9.17, 15) is 9.90 Å². The molecule has 0 aromatic heterocycles. The fourth-order valence-electron chi connectivity index (χ4n) is 1.79. The van der Waals surface area contributed by atoms with Gasteiger partial charge in [-0.3, -0.25) is 4.79 Å². The molecule has 0 aromatic rings. The third-order valence-corrected chi connectivity index (χ3v) is 2.68. The standard InChI is InChI=1S/C9H17NO2/c1-6(11)9(12)7-2-4-8(10)5-3-7/h7-9,12H,2-5,10H2,1H3/t7-,8+,9-/m1/s1. The van der Waals surface area contributed by atoms with Crippen LogP contribution >= 0.6 is 0 Å². The molecule has 1 aliphatic carbocycles. The summed E-state index contributed by atoms with van der Waals surface area (Å²) in [5.74, 6) is 0.0396. The summed E-state index contributed by atoms with van der Waals surface area (Å²) in [7, 11) is 0. The molecule has 0 heterocycles. The number of Topliss-reactive ketones (excluding diaryl/α,β-unsaturated/α-hetero) is 1. The molecule has 3 nitrogen and oxygen atoms in total. The Morgan fingerprint density at radius 2 is 1.92 bits per heavy atom. The van der Waals surface area contributed by atoms with Crippen LogP contribution in [0.2, 0.25) is 0 Å².